The molecule has 7 nitrogen and oxygen atoms in total. The largest absolute Gasteiger partial charge is 0.496 e. The fraction of sp³-hybridized carbons (Fsp3) is 0.250. The molecule has 0 aromatic heterocycles. The van der Waals surface area contributed by atoms with E-state index in [0.717, 1.165) is 35.3 Å². The number of carbonyl (C=O) groups is 1. The Morgan fingerprint density at radius 1 is 1.03 bits per heavy atom. The monoisotopic (exact) mass is 471 g/mol. The molecule has 0 saturated heterocycles. The zero-order valence-electron chi connectivity index (χ0n) is 20.2. The summed E-state index contributed by atoms with van der Waals surface area (Å²) >= 11 is 0. The molecule has 1 N–H and O–H groups in total. The molecule has 3 rings (SSSR count). The van der Waals surface area contributed by atoms with Crippen LogP contribution >= 0.6 is 0 Å². The van der Waals surface area contributed by atoms with Crippen LogP contribution in [-0.2, 0) is 17.8 Å². The SMILES string of the molecule is COc1ccc(CCCC(=O)N/N=C\c2ccc(OCc3ccccc3C#N)c(OC)c2)cc1C. The lowest BCUT2D eigenvalue weighted by Crippen LogP contribution is -2.17. The predicted molar refractivity (Wildman–Crippen MR) is 135 cm³/mol. The van der Waals surface area contributed by atoms with Gasteiger partial charge in [-0.15, -0.1) is 0 Å². The van der Waals surface area contributed by atoms with Crippen molar-refractivity contribution in [2.24, 2.45) is 5.10 Å². The van der Waals surface area contributed by atoms with Crippen molar-refractivity contribution in [1.29, 1.82) is 5.26 Å². The topological polar surface area (TPSA) is 92.9 Å². The second-order valence-electron chi connectivity index (χ2n) is 7.92. The van der Waals surface area contributed by atoms with Crippen molar-refractivity contribution in [3.05, 3.63) is 88.5 Å². The Morgan fingerprint density at radius 2 is 1.80 bits per heavy atom. The lowest BCUT2D eigenvalue weighted by Gasteiger charge is -2.12. The van der Waals surface area contributed by atoms with Crippen LogP contribution in [0.25, 0.3) is 0 Å². The van der Waals surface area contributed by atoms with Gasteiger partial charge in [0, 0.05) is 12.0 Å². The van der Waals surface area contributed by atoms with E-state index in [1.165, 1.54) is 5.56 Å². The van der Waals surface area contributed by atoms with Gasteiger partial charge in [0.25, 0.3) is 0 Å². The highest BCUT2D eigenvalue weighted by molar-refractivity contribution is 5.83. The van der Waals surface area contributed by atoms with E-state index in [1.807, 2.05) is 43.3 Å². The molecule has 0 radical (unpaired) electrons. The summed E-state index contributed by atoms with van der Waals surface area (Å²) in [7, 11) is 3.21. The van der Waals surface area contributed by atoms with Crippen LogP contribution in [0, 0.1) is 18.3 Å². The van der Waals surface area contributed by atoms with Crippen LogP contribution in [0.5, 0.6) is 17.2 Å². The number of nitrogens with zero attached hydrogens (tertiary/aromatic N) is 2. The quantitative estimate of drug-likeness (QED) is 0.316. The van der Waals surface area contributed by atoms with Gasteiger partial charge >= 0.3 is 0 Å². The number of hydrogen-bond donors (Lipinski definition) is 1. The number of ether oxygens (including phenoxy) is 3. The third kappa shape index (κ3) is 7.34. The number of benzene rings is 3. The maximum absolute atomic E-state index is 12.1. The zero-order chi connectivity index (χ0) is 25.0. The highest BCUT2D eigenvalue weighted by atomic mass is 16.5. The molecule has 0 spiro atoms. The summed E-state index contributed by atoms with van der Waals surface area (Å²) in [6, 6.07) is 20.9. The van der Waals surface area contributed by atoms with Crippen molar-refractivity contribution in [3.63, 3.8) is 0 Å². The lowest BCUT2D eigenvalue weighted by molar-refractivity contribution is -0.121. The molecule has 0 aliphatic heterocycles. The second kappa shape index (κ2) is 12.8. The van der Waals surface area contributed by atoms with Gasteiger partial charge in [0.05, 0.1) is 32.1 Å². The van der Waals surface area contributed by atoms with Crippen LogP contribution in [0.15, 0.2) is 65.8 Å². The molecule has 0 unspecified atom stereocenters. The van der Waals surface area contributed by atoms with Crippen LogP contribution in [0.2, 0.25) is 0 Å². The van der Waals surface area contributed by atoms with E-state index in [-0.39, 0.29) is 12.5 Å². The molecular weight excluding hydrogens is 442 g/mol. The summed E-state index contributed by atoms with van der Waals surface area (Å²) in [6.45, 7) is 2.25. The van der Waals surface area contributed by atoms with Crippen molar-refractivity contribution in [3.8, 4) is 23.3 Å². The Balaban J connectivity index is 1.49. The van der Waals surface area contributed by atoms with E-state index in [4.69, 9.17) is 14.2 Å². The van der Waals surface area contributed by atoms with Gasteiger partial charge in [0.2, 0.25) is 5.91 Å². The van der Waals surface area contributed by atoms with Gasteiger partial charge in [-0.25, -0.2) is 5.43 Å². The number of methoxy groups -OCH3 is 2. The maximum Gasteiger partial charge on any atom is 0.240 e. The van der Waals surface area contributed by atoms with Crippen molar-refractivity contribution < 1.29 is 19.0 Å². The molecule has 3 aromatic carbocycles. The molecule has 1 amide bonds. The first-order valence-corrected chi connectivity index (χ1v) is 11.3. The molecule has 0 atom stereocenters. The maximum atomic E-state index is 12.1. The molecule has 180 valence electrons. The molecule has 0 saturated carbocycles. The van der Waals surface area contributed by atoms with Crippen LogP contribution in [-0.4, -0.2) is 26.3 Å². The molecule has 0 aliphatic carbocycles. The minimum absolute atomic E-state index is 0.144. The van der Waals surface area contributed by atoms with Gasteiger partial charge in [-0.05, 0) is 66.8 Å². The second-order valence-corrected chi connectivity index (χ2v) is 7.92. The number of hydrazone groups is 1. The summed E-state index contributed by atoms with van der Waals surface area (Å²) in [5.41, 5.74) is 6.94. The smallest absolute Gasteiger partial charge is 0.240 e. The first kappa shape index (κ1) is 25.3. The third-order valence-electron chi connectivity index (χ3n) is 5.44. The Labute approximate surface area is 206 Å². The third-order valence-corrected chi connectivity index (χ3v) is 5.44. The van der Waals surface area contributed by atoms with Crippen LogP contribution < -0.4 is 19.6 Å². The minimum atomic E-state index is -0.144. The van der Waals surface area contributed by atoms with E-state index in [9.17, 15) is 10.1 Å². The number of hydrogen-bond acceptors (Lipinski definition) is 6. The predicted octanol–water partition coefficient (Wildman–Crippen LogP) is 4.94. The lowest BCUT2D eigenvalue weighted by atomic mass is 10.1. The number of rotatable bonds is 11. The zero-order valence-corrected chi connectivity index (χ0v) is 20.2. The Kier molecular flexibility index (Phi) is 9.26. The number of aryl methyl sites for hydroxylation is 2. The van der Waals surface area contributed by atoms with Crippen molar-refractivity contribution in [1.82, 2.24) is 5.43 Å². The summed E-state index contributed by atoms with van der Waals surface area (Å²) in [6.07, 6.45) is 3.46. The summed E-state index contributed by atoms with van der Waals surface area (Å²) < 4.78 is 16.6. The van der Waals surface area contributed by atoms with Gasteiger partial charge in [0.1, 0.15) is 12.4 Å². The van der Waals surface area contributed by atoms with Gasteiger partial charge < -0.3 is 14.2 Å². The minimum Gasteiger partial charge on any atom is -0.496 e. The van der Waals surface area contributed by atoms with Crippen LogP contribution in [0.3, 0.4) is 0 Å². The summed E-state index contributed by atoms with van der Waals surface area (Å²) in [5.74, 6) is 1.80. The van der Waals surface area contributed by atoms with Gasteiger partial charge in [0.15, 0.2) is 11.5 Å². The number of amides is 1. The molecule has 3 aromatic rings. The van der Waals surface area contributed by atoms with Crippen LogP contribution in [0.4, 0.5) is 0 Å². The van der Waals surface area contributed by atoms with Gasteiger partial charge in [-0.2, -0.15) is 10.4 Å². The molecule has 0 fully saturated rings. The summed E-state index contributed by atoms with van der Waals surface area (Å²) in [4.78, 5) is 12.1. The van der Waals surface area contributed by atoms with E-state index >= 15 is 0 Å². The molecule has 35 heavy (non-hydrogen) atoms. The average Bonchev–Trinajstić information content (AvgIpc) is 2.88. The van der Waals surface area contributed by atoms with Gasteiger partial charge in [-0.3, -0.25) is 4.79 Å². The van der Waals surface area contributed by atoms with Crippen molar-refractivity contribution in [2.45, 2.75) is 32.8 Å². The molecule has 0 heterocycles. The van der Waals surface area contributed by atoms with E-state index < -0.39 is 0 Å². The first-order chi connectivity index (χ1) is 17.0. The Bertz CT molecular complexity index is 1230. The fourth-order valence-electron chi connectivity index (χ4n) is 3.58. The van der Waals surface area contributed by atoms with Crippen molar-refractivity contribution in [2.75, 3.05) is 14.2 Å². The molecule has 7 heteroatoms. The highest BCUT2D eigenvalue weighted by Gasteiger charge is 2.08. The van der Waals surface area contributed by atoms with E-state index in [1.54, 1.807) is 38.6 Å². The normalized spacial score (nSPS) is 10.6. The summed E-state index contributed by atoms with van der Waals surface area (Å²) in [5, 5.41) is 13.3. The highest BCUT2D eigenvalue weighted by Crippen LogP contribution is 2.28. The van der Waals surface area contributed by atoms with E-state index in [0.29, 0.717) is 23.5 Å². The fourth-order valence-corrected chi connectivity index (χ4v) is 3.58. The Morgan fingerprint density at radius 3 is 2.54 bits per heavy atom. The number of nitrogens with one attached hydrogen (secondary N) is 1. The van der Waals surface area contributed by atoms with Crippen molar-refractivity contribution >= 4 is 12.1 Å². The number of carbonyl (C=O) groups excluding carboxylic acids is 1. The number of nitriles is 1. The molecular formula is C28H29N3O4. The average molecular weight is 472 g/mol. The van der Waals surface area contributed by atoms with Gasteiger partial charge in [-0.1, -0.05) is 30.3 Å². The standard InChI is InChI=1S/C28H29N3O4/c1-20-15-21(11-13-25(20)33-2)7-6-10-28(32)31-30-18-22-12-14-26(27(16-22)34-3)35-19-24-9-5-4-8-23(24)17-29/h4-5,8-9,11-16,18H,6-7,10,19H2,1-3H3,(H,31,32)/b30-18-. The van der Waals surface area contributed by atoms with E-state index in [2.05, 4.69) is 22.7 Å². The first-order valence-electron chi connectivity index (χ1n) is 11.3. The van der Waals surface area contributed by atoms with Crippen LogP contribution in [0.1, 0.15) is 40.7 Å². The molecule has 0 bridgehead atoms. The molecule has 0 aliphatic rings. The Hall–Kier alpha value is -4.31.